The van der Waals surface area contributed by atoms with Crippen LogP contribution in [0, 0.1) is 13.8 Å². The van der Waals surface area contributed by atoms with Crippen LogP contribution in [-0.2, 0) is 14.3 Å². The van der Waals surface area contributed by atoms with Gasteiger partial charge in [-0.2, -0.15) is 0 Å². The molecule has 0 fully saturated rings. The summed E-state index contributed by atoms with van der Waals surface area (Å²) in [4.78, 5) is 13.9. The number of methoxy groups -OCH3 is 2. The standard InChI is InChI=1S/C16H25NO4/c1-13-5-6-14(2)15(11-13)21-12-16(18)17(7-9-19-3)8-10-20-4/h5-6,11H,7-10,12H2,1-4H3. The fraction of sp³-hybridized carbons (Fsp3) is 0.562. The summed E-state index contributed by atoms with van der Waals surface area (Å²) in [5, 5.41) is 0. The molecule has 1 aromatic carbocycles. The lowest BCUT2D eigenvalue weighted by Gasteiger charge is -2.22. The van der Waals surface area contributed by atoms with Crippen molar-refractivity contribution in [2.75, 3.05) is 47.1 Å². The first-order chi connectivity index (χ1) is 10.1. The largest absolute Gasteiger partial charge is 0.483 e. The number of hydrogen-bond acceptors (Lipinski definition) is 4. The second-order valence-electron chi connectivity index (χ2n) is 4.92. The van der Waals surface area contributed by atoms with Crippen LogP contribution in [0.5, 0.6) is 5.75 Å². The van der Waals surface area contributed by atoms with Crippen molar-refractivity contribution in [2.24, 2.45) is 0 Å². The highest BCUT2D eigenvalue weighted by Crippen LogP contribution is 2.19. The molecule has 0 heterocycles. The van der Waals surface area contributed by atoms with Gasteiger partial charge < -0.3 is 19.1 Å². The van der Waals surface area contributed by atoms with E-state index in [0.717, 1.165) is 16.9 Å². The Balaban J connectivity index is 2.57. The number of ether oxygens (including phenoxy) is 3. The van der Waals surface area contributed by atoms with Gasteiger partial charge in [0.2, 0.25) is 0 Å². The second-order valence-corrected chi connectivity index (χ2v) is 4.92. The molecule has 5 nitrogen and oxygen atoms in total. The van der Waals surface area contributed by atoms with Crippen molar-refractivity contribution in [1.82, 2.24) is 4.90 Å². The molecule has 118 valence electrons. The van der Waals surface area contributed by atoms with E-state index in [1.54, 1.807) is 19.1 Å². The van der Waals surface area contributed by atoms with E-state index in [1.807, 2.05) is 32.0 Å². The predicted octanol–water partition coefficient (Wildman–Crippen LogP) is 1.80. The molecule has 21 heavy (non-hydrogen) atoms. The molecule has 0 radical (unpaired) electrons. The van der Waals surface area contributed by atoms with Gasteiger partial charge in [-0.15, -0.1) is 0 Å². The predicted molar refractivity (Wildman–Crippen MR) is 81.7 cm³/mol. The van der Waals surface area contributed by atoms with Gasteiger partial charge in [-0.05, 0) is 31.0 Å². The molecule has 0 atom stereocenters. The topological polar surface area (TPSA) is 48.0 Å². The zero-order valence-corrected chi connectivity index (χ0v) is 13.3. The third kappa shape index (κ3) is 6.14. The maximum atomic E-state index is 12.2. The molecular weight excluding hydrogens is 270 g/mol. The van der Waals surface area contributed by atoms with Crippen LogP contribution < -0.4 is 4.74 Å². The van der Waals surface area contributed by atoms with Gasteiger partial charge in [-0.25, -0.2) is 0 Å². The van der Waals surface area contributed by atoms with E-state index in [9.17, 15) is 4.79 Å². The summed E-state index contributed by atoms with van der Waals surface area (Å²) in [5.74, 6) is 0.687. The van der Waals surface area contributed by atoms with E-state index < -0.39 is 0 Å². The Morgan fingerprint density at radius 1 is 1.10 bits per heavy atom. The minimum absolute atomic E-state index is 0.0255. The zero-order valence-electron chi connectivity index (χ0n) is 13.3. The quantitative estimate of drug-likeness (QED) is 0.697. The monoisotopic (exact) mass is 295 g/mol. The van der Waals surface area contributed by atoms with E-state index in [-0.39, 0.29) is 12.5 Å². The normalized spacial score (nSPS) is 10.5. The highest BCUT2D eigenvalue weighted by Gasteiger charge is 2.14. The Labute approximate surface area is 126 Å². The summed E-state index contributed by atoms with van der Waals surface area (Å²) in [6.45, 7) is 6.06. The van der Waals surface area contributed by atoms with Crippen molar-refractivity contribution in [3.05, 3.63) is 29.3 Å². The minimum atomic E-state index is -0.0648. The van der Waals surface area contributed by atoms with Crippen LogP contribution in [0.2, 0.25) is 0 Å². The zero-order chi connectivity index (χ0) is 15.7. The Kier molecular flexibility index (Phi) is 7.79. The summed E-state index contributed by atoms with van der Waals surface area (Å²) in [6.07, 6.45) is 0. The van der Waals surface area contributed by atoms with Gasteiger partial charge in [-0.3, -0.25) is 4.79 Å². The number of benzene rings is 1. The van der Waals surface area contributed by atoms with Crippen molar-refractivity contribution in [1.29, 1.82) is 0 Å². The van der Waals surface area contributed by atoms with Crippen molar-refractivity contribution >= 4 is 5.91 Å². The summed E-state index contributed by atoms with van der Waals surface area (Å²) >= 11 is 0. The van der Waals surface area contributed by atoms with E-state index in [1.165, 1.54) is 0 Å². The number of nitrogens with zero attached hydrogens (tertiary/aromatic N) is 1. The minimum Gasteiger partial charge on any atom is -0.483 e. The Bertz CT molecular complexity index is 440. The molecule has 0 spiro atoms. The number of rotatable bonds is 9. The Morgan fingerprint density at radius 3 is 2.29 bits per heavy atom. The summed E-state index contributed by atoms with van der Waals surface area (Å²) < 4.78 is 15.7. The molecular formula is C16H25NO4. The van der Waals surface area contributed by atoms with Gasteiger partial charge in [0, 0.05) is 27.3 Å². The highest BCUT2D eigenvalue weighted by atomic mass is 16.5. The van der Waals surface area contributed by atoms with Gasteiger partial charge in [0.1, 0.15) is 5.75 Å². The van der Waals surface area contributed by atoms with Crippen molar-refractivity contribution in [3.63, 3.8) is 0 Å². The fourth-order valence-corrected chi connectivity index (χ4v) is 1.86. The van der Waals surface area contributed by atoms with Crippen molar-refractivity contribution < 1.29 is 19.0 Å². The van der Waals surface area contributed by atoms with Gasteiger partial charge in [0.15, 0.2) is 6.61 Å². The van der Waals surface area contributed by atoms with Crippen LogP contribution in [0.1, 0.15) is 11.1 Å². The highest BCUT2D eigenvalue weighted by molar-refractivity contribution is 5.77. The van der Waals surface area contributed by atoms with E-state index >= 15 is 0 Å². The summed E-state index contributed by atoms with van der Waals surface area (Å²) in [7, 11) is 3.23. The van der Waals surface area contributed by atoms with Crippen LogP contribution >= 0.6 is 0 Å². The number of hydrogen-bond donors (Lipinski definition) is 0. The van der Waals surface area contributed by atoms with E-state index in [2.05, 4.69) is 0 Å². The molecule has 5 heteroatoms. The van der Waals surface area contributed by atoms with Gasteiger partial charge in [0.25, 0.3) is 5.91 Å². The number of aryl methyl sites for hydroxylation is 2. The van der Waals surface area contributed by atoms with Crippen molar-refractivity contribution in [2.45, 2.75) is 13.8 Å². The SMILES string of the molecule is COCCN(CCOC)C(=O)COc1cc(C)ccc1C. The molecule has 1 amide bonds. The van der Waals surface area contributed by atoms with Gasteiger partial charge in [0.05, 0.1) is 13.2 Å². The second kappa shape index (κ2) is 9.37. The number of carbonyl (C=O) groups excluding carboxylic acids is 1. The van der Waals surface area contributed by atoms with E-state index in [0.29, 0.717) is 26.3 Å². The van der Waals surface area contributed by atoms with Crippen LogP contribution in [0.3, 0.4) is 0 Å². The molecule has 1 aromatic rings. The van der Waals surface area contributed by atoms with Crippen LogP contribution in [0.15, 0.2) is 18.2 Å². The third-order valence-electron chi connectivity index (χ3n) is 3.18. The molecule has 0 N–H and O–H groups in total. The van der Waals surface area contributed by atoms with Crippen LogP contribution in [0.4, 0.5) is 0 Å². The molecule has 0 aliphatic rings. The molecule has 0 unspecified atom stereocenters. The molecule has 0 aliphatic carbocycles. The maximum absolute atomic E-state index is 12.2. The molecule has 0 aromatic heterocycles. The van der Waals surface area contributed by atoms with Crippen LogP contribution in [-0.4, -0.2) is 57.9 Å². The average molecular weight is 295 g/mol. The maximum Gasteiger partial charge on any atom is 0.260 e. The third-order valence-corrected chi connectivity index (χ3v) is 3.18. The lowest BCUT2D eigenvalue weighted by molar-refractivity contribution is -0.134. The molecule has 0 saturated heterocycles. The molecule has 0 bridgehead atoms. The van der Waals surface area contributed by atoms with Crippen molar-refractivity contribution in [3.8, 4) is 5.75 Å². The number of carbonyl (C=O) groups is 1. The first-order valence-corrected chi connectivity index (χ1v) is 7.04. The lowest BCUT2D eigenvalue weighted by Crippen LogP contribution is -2.39. The molecule has 1 rings (SSSR count). The fourth-order valence-electron chi connectivity index (χ4n) is 1.86. The first-order valence-electron chi connectivity index (χ1n) is 7.04. The molecule has 0 saturated carbocycles. The average Bonchev–Trinajstić information content (AvgIpc) is 2.48. The summed E-state index contributed by atoms with van der Waals surface area (Å²) in [6, 6.07) is 5.95. The molecule has 0 aliphatic heterocycles. The van der Waals surface area contributed by atoms with E-state index in [4.69, 9.17) is 14.2 Å². The summed E-state index contributed by atoms with van der Waals surface area (Å²) in [5.41, 5.74) is 2.13. The smallest absolute Gasteiger partial charge is 0.260 e. The number of amides is 1. The Morgan fingerprint density at radius 2 is 1.71 bits per heavy atom. The van der Waals surface area contributed by atoms with Gasteiger partial charge in [-0.1, -0.05) is 12.1 Å². The van der Waals surface area contributed by atoms with Crippen LogP contribution in [0.25, 0.3) is 0 Å². The Hall–Kier alpha value is -1.59. The lowest BCUT2D eigenvalue weighted by atomic mass is 10.1. The van der Waals surface area contributed by atoms with Gasteiger partial charge >= 0.3 is 0 Å². The first kappa shape index (κ1) is 17.5.